The van der Waals surface area contributed by atoms with Gasteiger partial charge in [-0.15, -0.1) is 0 Å². The van der Waals surface area contributed by atoms with Gasteiger partial charge in [-0.25, -0.2) is 9.59 Å². The second-order valence-corrected chi connectivity index (χ2v) is 3.98. The highest BCUT2D eigenvalue weighted by Gasteiger charge is 2.27. The van der Waals surface area contributed by atoms with Crippen molar-refractivity contribution in [3.05, 3.63) is 11.3 Å². The Morgan fingerprint density at radius 2 is 2.00 bits per heavy atom. The van der Waals surface area contributed by atoms with Crippen molar-refractivity contribution in [2.24, 2.45) is 0 Å². The summed E-state index contributed by atoms with van der Waals surface area (Å²) in [5.74, 6) is -1.98. The van der Waals surface area contributed by atoms with Crippen molar-refractivity contribution in [2.75, 3.05) is 19.0 Å². The highest BCUT2D eigenvalue weighted by Crippen LogP contribution is 2.19. The summed E-state index contributed by atoms with van der Waals surface area (Å²) < 4.78 is 9.57. The van der Waals surface area contributed by atoms with Crippen LogP contribution in [0.25, 0.3) is 0 Å². The van der Waals surface area contributed by atoms with E-state index < -0.39 is 17.8 Å². The third kappa shape index (κ3) is 3.81. The van der Waals surface area contributed by atoms with Gasteiger partial charge in [0.15, 0.2) is 11.5 Å². The Morgan fingerprint density at radius 3 is 2.55 bits per heavy atom. The molecule has 8 nitrogen and oxygen atoms in total. The van der Waals surface area contributed by atoms with Gasteiger partial charge in [0.25, 0.3) is 0 Å². The Morgan fingerprint density at radius 1 is 1.30 bits per heavy atom. The molecule has 1 amide bonds. The molecule has 110 valence electrons. The molecule has 0 spiro atoms. The van der Waals surface area contributed by atoms with Gasteiger partial charge in [-0.2, -0.15) is 5.10 Å². The first-order valence-corrected chi connectivity index (χ1v) is 6.12. The van der Waals surface area contributed by atoms with Crippen molar-refractivity contribution in [3.63, 3.8) is 0 Å². The molecule has 1 rings (SSSR count). The summed E-state index contributed by atoms with van der Waals surface area (Å²) in [6.07, 6.45) is 1.56. The normalized spacial score (nSPS) is 9.95. The van der Waals surface area contributed by atoms with E-state index >= 15 is 0 Å². The van der Waals surface area contributed by atoms with Crippen LogP contribution in [0.3, 0.4) is 0 Å². The number of carbonyl (C=O) groups excluding carboxylic acids is 3. The predicted octanol–water partition coefficient (Wildman–Crippen LogP) is 1.11. The highest BCUT2D eigenvalue weighted by molar-refractivity contribution is 6.07. The number of unbranched alkanes of at least 4 members (excludes halogenated alkanes) is 1. The molecule has 8 heteroatoms. The molecule has 0 unspecified atom stereocenters. The van der Waals surface area contributed by atoms with Crippen LogP contribution in [0.5, 0.6) is 0 Å². The fourth-order valence-corrected chi connectivity index (χ4v) is 1.43. The zero-order chi connectivity index (χ0) is 15.1. The van der Waals surface area contributed by atoms with Gasteiger partial charge in [0.2, 0.25) is 5.91 Å². The smallest absolute Gasteiger partial charge is 0.357 e. The van der Waals surface area contributed by atoms with Crippen LogP contribution >= 0.6 is 0 Å². The fourth-order valence-electron chi connectivity index (χ4n) is 1.43. The van der Waals surface area contributed by atoms with E-state index in [1.807, 2.05) is 6.92 Å². The number of nitrogens with one attached hydrogen (secondary N) is 2. The molecule has 1 aromatic heterocycles. The van der Waals surface area contributed by atoms with Crippen LogP contribution in [0.15, 0.2) is 0 Å². The summed E-state index contributed by atoms with van der Waals surface area (Å²) in [5.41, 5.74) is -0.291. The number of hydrogen-bond donors (Lipinski definition) is 2. The van der Waals surface area contributed by atoms with E-state index in [1.165, 1.54) is 14.0 Å². The molecule has 0 aliphatic heterocycles. The van der Waals surface area contributed by atoms with Crippen LogP contribution in [-0.4, -0.2) is 41.8 Å². The molecular weight excluding hydrogens is 266 g/mol. The van der Waals surface area contributed by atoms with E-state index in [2.05, 4.69) is 20.3 Å². The second-order valence-electron chi connectivity index (χ2n) is 3.98. The van der Waals surface area contributed by atoms with Gasteiger partial charge in [0, 0.05) is 6.92 Å². The third-order valence-electron chi connectivity index (χ3n) is 2.39. The molecule has 0 saturated carbocycles. The van der Waals surface area contributed by atoms with Gasteiger partial charge in [0.05, 0.1) is 13.7 Å². The third-order valence-corrected chi connectivity index (χ3v) is 2.39. The average Bonchev–Trinajstić information content (AvgIpc) is 2.80. The van der Waals surface area contributed by atoms with Crippen molar-refractivity contribution >= 4 is 23.7 Å². The van der Waals surface area contributed by atoms with Gasteiger partial charge >= 0.3 is 11.9 Å². The molecule has 0 radical (unpaired) electrons. The van der Waals surface area contributed by atoms with Crippen LogP contribution in [0.4, 0.5) is 5.82 Å². The Bertz CT molecular complexity index is 509. The maximum atomic E-state index is 12.0. The van der Waals surface area contributed by atoms with Gasteiger partial charge in [-0.05, 0) is 6.42 Å². The van der Waals surface area contributed by atoms with Crippen molar-refractivity contribution in [1.29, 1.82) is 0 Å². The minimum atomic E-state index is -0.767. The summed E-state index contributed by atoms with van der Waals surface area (Å²) in [6.45, 7) is 3.44. The molecule has 1 heterocycles. The largest absolute Gasteiger partial charge is 0.464 e. The number of amides is 1. The minimum absolute atomic E-state index is 0.0561. The lowest BCUT2D eigenvalue weighted by Gasteiger charge is -2.06. The molecular formula is C12H17N3O5. The number of rotatable bonds is 6. The Hall–Kier alpha value is -2.38. The zero-order valence-corrected chi connectivity index (χ0v) is 11.6. The number of methoxy groups -OCH3 is 1. The molecule has 0 bridgehead atoms. The molecule has 2 N–H and O–H groups in total. The molecule has 20 heavy (non-hydrogen) atoms. The van der Waals surface area contributed by atoms with E-state index in [4.69, 9.17) is 4.74 Å². The standard InChI is InChI=1S/C12H17N3O5/c1-4-5-6-20-11(17)8-9(12(18)19-3)14-15-10(8)13-7(2)16/h4-6H2,1-3H3,(H2,13,14,15,16). The van der Waals surface area contributed by atoms with Gasteiger partial charge in [0.1, 0.15) is 5.56 Å². The summed E-state index contributed by atoms with van der Waals surface area (Å²) in [5, 5.41) is 8.43. The van der Waals surface area contributed by atoms with Crippen molar-refractivity contribution < 1.29 is 23.9 Å². The Kier molecular flexibility index (Phi) is 5.70. The SMILES string of the molecule is CCCCOC(=O)c1c(NC(C)=O)n[nH]c1C(=O)OC. The first kappa shape index (κ1) is 15.7. The lowest BCUT2D eigenvalue weighted by molar-refractivity contribution is -0.114. The lowest BCUT2D eigenvalue weighted by Crippen LogP contribution is -2.16. The monoisotopic (exact) mass is 283 g/mol. The van der Waals surface area contributed by atoms with E-state index in [0.29, 0.717) is 6.42 Å². The molecule has 0 fully saturated rings. The molecule has 0 aliphatic rings. The van der Waals surface area contributed by atoms with Crippen LogP contribution < -0.4 is 5.32 Å². The molecule has 0 aliphatic carbocycles. The van der Waals surface area contributed by atoms with Crippen LogP contribution in [-0.2, 0) is 14.3 Å². The van der Waals surface area contributed by atoms with Crippen molar-refractivity contribution in [3.8, 4) is 0 Å². The van der Waals surface area contributed by atoms with Crippen LogP contribution in [0.1, 0.15) is 47.5 Å². The molecule has 0 saturated heterocycles. The first-order chi connectivity index (χ1) is 9.51. The zero-order valence-electron chi connectivity index (χ0n) is 11.6. The average molecular weight is 283 g/mol. The number of carbonyl (C=O) groups is 3. The summed E-state index contributed by atoms with van der Waals surface area (Å²) in [7, 11) is 1.17. The number of aromatic nitrogens is 2. The van der Waals surface area contributed by atoms with E-state index in [1.54, 1.807) is 0 Å². The number of aromatic amines is 1. The fraction of sp³-hybridized carbons (Fsp3) is 0.500. The number of nitrogens with zero attached hydrogens (tertiary/aromatic N) is 1. The van der Waals surface area contributed by atoms with Gasteiger partial charge in [-0.3, -0.25) is 9.89 Å². The topological polar surface area (TPSA) is 110 Å². The highest BCUT2D eigenvalue weighted by atomic mass is 16.5. The van der Waals surface area contributed by atoms with Crippen molar-refractivity contribution in [2.45, 2.75) is 26.7 Å². The quantitative estimate of drug-likeness (QED) is 0.597. The van der Waals surface area contributed by atoms with E-state index in [0.717, 1.165) is 6.42 Å². The number of ether oxygens (including phenoxy) is 2. The molecule has 1 aromatic rings. The maximum absolute atomic E-state index is 12.0. The predicted molar refractivity (Wildman–Crippen MR) is 69.4 cm³/mol. The van der Waals surface area contributed by atoms with Crippen LogP contribution in [0, 0.1) is 0 Å². The number of H-pyrrole nitrogens is 1. The second kappa shape index (κ2) is 7.27. The molecule has 0 aromatic carbocycles. The Labute approximate surface area is 115 Å². The van der Waals surface area contributed by atoms with Crippen molar-refractivity contribution in [1.82, 2.24) is 10.2 Å². The summed E-state index contributed by atoms with van der Waals surface area (Å²) in [6, 6.07) is 0. The minimum Gasteiger partial charge on any atom is -0.464 e. The van der Waals surface area contributed by atoms with E-state index in [9.17, 15) is 14.4 Å². The first-order valence-electron chi connectivity index (χ1n) is 6.12. The number of anilines is 1. The Balaban J connectivity index is 3.03. The maximum Gasteiger partial charge on any atom is 0.357 e. The summed E-state index contributed by atoms with van der Waals surface area (Å²) >= 11 is 0. The summed E-state index contributed by atoms with van der Waals surface area (Å²) in [4.78, 5) is 34.6. The number of hydrogen-bond acceptors (Lipinski definition) is 6. The lowest BCUT2D eigenvalue weighted by atomic mass is 10.2. The molecule has 0 atom stereocenters. The van der Waals surface area contributed by atoms with Gasteiger partial charge < -0.3 is 14.8 Å². The van der Waals surface area contributed by atoms with Gasteiger partial charge in [-0.1, -0.05) is 13.3 Å². The van der Waals surface area contributed by atoms with Crippen LogP contribution in [0.2, 0.25) is 0 Å². The van der Waals surface area contributed by atoms with E-state index in [-0.39, 0.29) is 23.7 Å². The number of esters is 2.